The number of hydrogen-bond acceptors (Lipinski definition) is 0. The van der Waals surface area contributed by atoms with Crippen molar-refractivity contribution in [3.63, 3.8) is 0 Å². The van der Waals surface area contributed by atoms with Crippen molar-refractivity contribution in [3.8, 4) is 0 Å². The van der Waals surface area contributed by atoms with Crippen molar-refractivity contribution in [2.75, 3.05) is 0 Å². The summed E-state index contributed by atoms with van der Waals surface area (Å²) in [6.07, 6.45) is 0. The summed E-state index contributed by atoms with van der Waals surface area (Å²) >= 11 is 0. The fourth-order valence-corrected chi connectivity index (χ4v) is 24.9. The molecule has 2 heterocycles. The second-order valence-electron chi connectivity index (χ2n) is 16.5. The van der Waals surface area contributed by atoms with Crippen LogP contribution in [0.4, 0.5) is 0 Å². The molecule has 244 valence electrons. The molecule has 0 unspecified atom stereocenters. The number of aromatic nitrogens is 2. The Hall–Kier alpha value is -2.83. The number of nitrogens with zero attached hydrogens (tertiary/aromatic N) is 2. The average Bonchev–Trinajstić information content (AvgIpc) is 3.45. The minimum atomic E-state index is -1.80. The van der Waals surface area contributed by atoms with E-state index in [4.69, 9.17) is 0 Å². The van der Waals surface area contributed by atoms with Crippen molar-refractivity contribution in [2.45, 2.75) is 116 Å². The topological polar surface area (TPSA) is 9.86 Å². The second-order valence-corrected chi connectivity index (χ2v) is 28.1. The molecule has 6 aromatic rings. The first-order valence-corrected chi connectivity index (χ1v) is 22.4. The molecule has 4 heteroatoms. The molecule has 0 radical (unpaired) electrons. The molecule has 0 saturated heterocycles. The van der Waals surface area contributed by atoms with Crippen LogP contribution in [0.1, 0.15) is 83.1 Å². The van der Waals surface area contributed by atoms with Crippen LogP contribution < -0.4 is 10.6 Å². The van der Waals surface area contributed by atoms with Crippen LogP contribution in [0.15, 0.2) is 60.7 Å². The third kappa shape index (κ3) is 4.38. The quantitative estimate of drug-likeness (QED) is 0.115. The van der Waals surface area contributed by atoms with Gasteiger partial charge in [-0.15, -0.1) is 0 Å². The molecule has 2 nitrogen and oxygen atoms in total. The Morgan fingerprint density at radius 1 is 0.370 bits per heavy atom. The molecule has 0 bridgehead atoms. The van der Waals surface area contributed by atoms with E-state index in [9.17, 15) is 0 Å². The van der Waals surface area contributed by atoms with Gasteiger partial charge in [-0.3, -0.25) is 0 Å². The Morgan fingerprint density at radius 3 is 0.957 bits per heavy atom. The SMILES string of the molecule is CC(C)[Si](c1cc2cc3c(ccc4c5cc6cc([Si](C(C)C)(C(C)C)C(C)C)n(C)c6cc5ccc34)cc2n1C)(C(C)C)C(C)C. The molecular formula is C42H58N2Si2. The summed E-state index contributed by atoms with van der Waals surface area (Å²) in [6.45, 7) is 29.7. The van der Waals surface area contributed by atoms with Gasteiger partial charge in [-0.25, -0.2) is 0 Å². The van der Waals surface area contributed by atoms with Crippen LogP contribution in [0, 0.1) is 0 Å². The molecule has 0 N–H and O–H groups in total. The van der Waals surface area contributed by atoms with E-state index in [0.29, 0.717) is 33.2 Å². The maximum atomic E-state index is 2.57. The molecule has 0 spiro atoms. The van der Waals surface area contributed by atoms with Crippen LogP contribution in [-0.4, -0.2) is 25.3 Å². The van der Waals surface area contributed by atoms with Gasteiger partial charge in [0, 0.05) is 46.5 Å². The highest BCUT2D eigenvalue weighted by molar-refractivity contribution is 6.95. The van der Waals surface area contributed by atoms with Gasteiger partial charge in [-0.05, 0) is 102 Å². The molecule has 46 heavy (non-hydrogen) atoms. The number of fused-ring (bicyclic) bond motifs is 7. The zero-order chi connectivity index (χ0) is 33.6. The van der Waals surface area contributed by atoms with E-state index in [1.54, 1.807) is 10.6 Å². The lowest BCUT2D eigenvalue weighted by molar-refractivity contribution is 0.819. The van der Waals surface area contributed by atoms with Crippen molar-refractivity contribution in [1.82, 2.24) is 9.13 Å². The minimum absolute atomic E-state index is 0.682. The monoisotopic (exact) mass is 646 g/mol. The van der Waals surface area contributed by atoms with E-state index < -0.39 is 16.1 Å². The van der Waals surface area contributed by atoms with Crippen LogP contribution in [0.5, 0.6) is 0 Å². The minimum Gasteiger partial charge on any atom is -0.352 e. The van der Waals surface area contributed by atoms with Gasteiger partial charge in [0.15, 0.2) is 0 Å². The van der Waals surface area contributed by atoms with Crippen LogP contribution >= 0.6 is 0 Å². The lowest BCUT2D eigenvalue weighted by Crippen LogP contribution is -2.57. The Labute approximate surface area is 280 Å². The summed E-state index contributed by atoms with van der Waals surface area (Å²) in [4.78, 5) is 0. The molecule has 6 rings (SSSR count). The third-order valence-corrected chi connectivity index (χ3v) is 27.0. The van der Waals surface area contributed by atoms with Gasteiger partial charge in [0.1, 0.15) is 16.1 Å². The number of benzene rings is 4. The van der Waals surface area contributed by atoms with Crippen LogP contribution in [-0.2, 0) is 14.1 Å². The first kappa shape index (κ1) is 33.1. The average molecular weight is 647 g/mol. The molecule has 0 saturated carbocycles. The van der Waals surface area contributed by atoms with E-state index in [2.05, 4.69) is 167 Å². The van der Waals surface area contributed by atoms with E-state index in [-0.39, 0.29) is 0 Å². The lowest BCUT2D eigenvalue weighted by atomic mass is 9.95. The van der Waals surface area contributed by atoms with Crippen molar-refractivity contribution >= 4 is 80.9 Å². The summed E-state index contributed by atoms with van der Waals surface area (Å²) < 4.78 is 5.12. The van der Waals surface area contributed by atoms with E-state index in [1.807, 2.05) is 0 Å². The van der Waals surface area contributed by atoms with Crippen molar-refractivity contribution in [1.29, 1.82) is 0 Å². The van der Waals surface area contributed by atoms with Gasteiger partial charge in [0.2, 0.25) is 0 Å². The molecule has 2 aromatic heterocycles. The highest BCUT2D eigenvalue weighted by Crippen LogP contribution is 2.44. The molecule has 0 aliphatic rings. The Morgan fingerprint density at radius 2 is 0.674 bits per heavy atom. The van der Waals surface area contributed by atoms with Crippen molar-refractivity contribution in [2.24, 2.45) is 14.1 Å². The van der Waals surface area contributed by atoms with Gasteiger partial charge < -0.3 is 9.13 Å². The predicted molar refractivity (Wildman–Crippen MR) is 213 cm³/mol. The summed E-state index contributed by atoms with van der Waals surface area (Å²) in [5.74, 6) is 0. The molecule has 4 aromatic carbocycles. The van der Waals surface area contributed by atoms with Gasteiger partial charge in [-0.2, -0.15) is 0 Å². The van der Waals surface area contributed by atoms with Crippen molar-refractivity contribution < 1.29 is 0 Å². The van der Waals surface area contributed by atoms with E-state index in [0.717, 1.165) is 0 Å². The maximum Gasteiger partial charge on any atom is 0.115 e. The highest BCUT2D eigenvalue weighted by atomic mass is 28.3. The molecule has 0 aliphatic heterocycles. The molecule has 0 atom stereocenters. The zero-order valence-corrected chi connectivity index (χ0v) is 33.1. The molecular weight excluding hydrogens is 589 g/mol. The molecule has 0 aliphatic carbocycles. The summed E-state index contributed by atoms with van der Waals surface area (Å²) in [6, 6.07) is 24.6. The fourth-order valence-electron chi connectivity index (χ4n) is 11.1. The number of hydrogen-bond donors (Lipinski definition) is 0. The predicted octanol–water partition coefficient (Wildman–Crippen LogP) is 11.9. The van der Waals surface area contributed by atoms with Crippen LogP contribution in [0.25, 0.3) is 54.1 Å². The van der Waals surface area contributed by atoms with Gasteiger partial charge in [0.25, 0.3) is 0 Å². The summed E-state index contributed by atoms with van der Waals surface area (Å²) in [7, 11) is 1.05. The largest absolute Gasteiger partial charge is 0.352 e. The lowest BCUT2D eigenvalue weighted by Gasteiger charge is -2.43. The standard InChI is InChI=1S/C42H58N2Si2/c1-25(2)45(26(3)4,27(5)6)41-23-33-19-37-31(21-39(33)43(41)13)15-17-36-35(37)18-16-32-22-40-34(20-38(32)36)24-42(44(40)14)46(28(7)8,29(9)10)30(11)12/h15-30H,1-14H3. The fraction of sp³-hybridized carbons (Fsp3) is 0.476. The molecule has 0 fully saturated rings. The first-order valence-electron chi connectivity index (χ1n) is 18.0. The van der Waals surface area contributed by atoms with Crippen molar-refractivity contribution in [3.05, 3.63) is 60.7 Å². The normalized spacial score (nSPS) is 13.7. The summed E-state index contributed by atoms with van der Waals surface area (Å²) in [5, 5.41) is 14.1. The summed E-state index contributed by atoms with van der Waals surface area (Å²) in [5.41, 5.74) is 6.83. The maximum absolute atomic E-state index is 2.57. The Kier molecular flexibility index (Phi) is 8.20. The number of aryl methyl sites for hydroxylation is 2. The van der Waals surface area contributed by atoms with Crippen LogP contribution in [0.2, 0.25) is 33.2 Å². The molecule has 0 amide bonds. The smallest absolute Gasteiger partial charge is 0.115 e. The van der Waals surface area contributed by atoms with Gasteiger partial charge >= 0.3 is 0 Å². The Bertz CT molecular complexity index is 1910. The number of rotatable bonds is 8. The zero-order valence-electron chi connectivity index (χ0n) is 31.1. The Balaban J connectivity index is 1.60. The van der Waals surface area contributed by atoms with E-state index >= 15 is 0 Å². The van der Waals surface area contributed by atoms with Crippen LogP contribution in [0.3, 0.4) is 0 Å². The second kappa shape index (κ2) is 11.4. The highest BCUT2D eigenvalue weighted by Gasteiger charge is 2.47. The van der Waals surface area contributed by atoms with Gasteiger partial charge in [0.05, 0.1) is 0 Å². The van der Waals surface area contributed by atoms with Gasteiger partial charge in [-0.1, -0.05) is 107 Å². The van der Waals surface area contributed by atoms with E-state index in [1.165, 1.54) is 54.1 Å². The first-order chi connectivity index (χ1) is 21.6. The third-order valence-electron chi connectivity index (χ3n) is 12.8.